The summed E-state index contributed by atoms with van der Waals surface area (Å²) in [4.78, 5) is 29.3. The molecule has 26 heavy (non-hydrogen) atoms. The van der Waals surface area contributed by atoms with E-state index >= 15 is 0 Å². The van der Waals surface area contributed by atoms with Gasteiger partial charge in [-0.3, -0.25) is 14.5 Å². The molecule has 1 N–H and O–H groups in total. The maximum Gasteiger partial charge on any atom is 0.229 e. The van der Waals surface area contributed by atoms with Gasteiger partial charge in [0.15, 0.2) is 0 Å². The minimum Gasteiger partial charge on any atom is -0.393 e. The molecular weight excluding hydrogens is 352 g/mol. The number of aliphatic hydroxyl groups is 1. The number of amides is 2. The van der Waals surface area contributed by atoms with E-state index in [1.807, 2.05) is 4.90 Å². The molecule has 1 aromatic rings. The van der Waals surface area contributed by atoms with E-state index in [0.717, 1.165) is 37.1 Å². The number of nitrogens with zero attached hydrogens (tertiary/aromatic N) is 4. The minimum absolute atomic E-state index is 0.0373. The largest absolute Gasteiger partial charge is 0.393 e. The topological polar surface area (TPSA) is 86.6 Å². The zero-order valence-electron chi connectivity index (χ0n) is 15.1. The summed E-state index contributed by atoms with van der Waals surface area (Å²) >= 11 is 1.45. The van der Waals surface area contributed by atoms with Crippen LogP contribution in [0.2, 0.25) is 0 Å². The van der Waals surface area contributed by atoms with E-state index in [0.29, 0.717) is 24.5 Å². The van der Waals surface area contributed by atoms with Crippen LogP contribution < -0.4 is 4.90 Å². The van der Waals surface area contributed by atoms with Gasteiger partial charge in [0.25, 0.3) is 0 Å². The van der Waals surface area contributed by atoms with Crippen molar-refractivity contribution in [2.45, 2.75) is 76.5 Å². The number of hydrogen-bond donors (Lipinski definition) is 1. The molecule has 4 atom stereocenters. The third-order valence-electron chi connectivity index (χ3n) is 5.83. The van der Waals surface area contributed by atoms with Crippen molar-refractivity contribution in [3.8, 4) is 0 Å². The molecule has 3 fully saturated rings. The average molecular weight is 378 g/mol. The summed E-state index contributed by atoms with van der Waals surface area (Å²) in [5, 5.41) is 19.9. The third-order valence-corrected chi connectivity index (χ3v) is 6.84. The number of piperidine rings is 2. The highest BCUT2D eigenvalue weighted by molar-refractivity contribution is 7.15. The van der Waals surface area contributed by atoms with Gasteiger partial charge >= 0.3 is 0 Å². The van der Waals surface area contributed by atoms with Crippen molar-refractivity contribution in [2.24, 2.45) is 5.92 Å². The first kappa shape index (κ1) is 17.9. The molecule has 7 nitrogen and oxygen atoms in total. The van der Waals surface area contributed by atoms with E-state index in [2.05, 4.69) is 17.1 Å². The van der Waals surface area contributed by atoms with E-state index in [-0.39, 0.29) is 42.3 Å². The van der Waals surface area contributed by atoms with Gasteiger partial charge in [-0.1, -0.05) is 18.3 Å². The standard InChI is InChI=1S/C18H26N4O3S/c1-2-4-15-19-20-18(26-15)21-10-11(7-16(21)24)17(25)22-12-5-3-6-13(22)9-14(23)8-12/h11-14,23H,2-10H2,1H3/t11?,12-,13+,14?. The summed E-state index contributed by atoms with van der Waals surface area (Å²) in [5.41, 5.74) is 0. The zero-order valence-corrected chi connectivity index (χ0v) is 16.0. The summed E-state index contributed by atoms with van der Waals surface area (Å²) in [6.07, 6.45) is 6.18. The van der Waals surface area contributed by atoms with Crippen molar-refractivity contribution in [2.75, 3.05) is 11.4 Å². The van der Waals surface area contributed by atoms with Gasteiger partial charge < -0.3 is 10.0 Å². The Labute approximate surface area is 157 Å². The van der Waals surface area contributed by atoms with Crippen LogP contribution in [-0.4, -0.2) is 56.8 Å². The molecule has 0 radical (unpaired) electrons. The van der Waals surface area contributed by atoms with Gasteiger partial charge in [-0.25, -0.2) is 0 Å². The molecule has 0 aromatic carbocycles. The second-order valence-corrected chi connectivity index (χ2v) is 8.78. The molecule has 0 aliphatic carbocycles. The van der Waals surface area contributed by atoms with Gasteiger partial charge in [0, 0.05) is 31.5 Å². The maximum absolute atomic E-state index is 13.2. The van der Waals surface area contributed by atoms with E-state index in [1.54, 1.807) is 4.90 Å². The Morgan fingerprint density at radius 2 is 2.00 bits per heavy atom. The van der Waals surface area contributed by atoms with Crippen LogP contribution in [-0.2, 0) is 16.0 Å². The molecule has 3 aliphatic rings. The van der Waals surface area contributed by atoms with Gasteiger partial charge in [-0.15, -0.1) is 10.2 Å². The average Bonchev–Trinajstić information content (AvgIpc) is 3.20. The molecule has 0 saturated carbocycles. The molecule has 2 unspecified atom stereocenters. The van der Waals surface area contributed by atoms with Crippen LogP contribution in [0.25, 0.3) is 0 Å². The van der Waals surface area contributed by atoms with Gasteiger partial charge in [-0.05, 0) is 38.5 Å². The van der Waals surface area contributed by atoms with Crippen LogP contribution in [0.3, 0.4) is 0 Å². The van der Waals surface area contributed by atoms with Crippen LogP contribution >= 0.6 is 11.3 Å². The third kappa shape index (κ3) is 3.24. The number of fused-ring (bicyclic) bond motifs is 2. The number of carbonyl (C=O) groups is 2. The van der Waals surface area contributed by atoms with Crippen LogP contribution in [0.1, 0.15) is 56.9 Å². The smallest absolute Gasteiger partial charge is 0.229 e. The van der Waals surface area contributed by atoms with Crippen molar-refractivity contribution < 1.29 is 14.7 Å². The first-order valence-corrected chi connectivity index (χ1v) is 10.5. The van der Waals surface area contributed by atoms with Crippen molar-refractivity contribution in [3.05, 3.63) is 5.01 Å². The molecule has 2 bridgehead atoms. The number of aromatic nitrogens is 2. The van der Waals surface area contributed by atoms with Crippen molar-refractivity contribution >= 4 is 28.3 Å². The van der Waals surface area contributed by atoms with E-state index in [1.165, 1.54) is 11.3 Å². The summed E-state index contributed by atoms with van der Waals surface area (Å²) < 4.78 is 0. The lowest BCUT2D eigenvalue weighted by molar-refractivity contribution is -0.148. The fraction of sp³-hybridized carbons (Fsp3) is 0.778. The quantitative estimate of drug-likeness (QED) is 0.862. The SMILES string of the molecule is CCCc1nnc(N2CC(C(=O)N3[C@@H]4CCC[C@H]3CC(O)C4)CC2=O)s1. The van der Waals surface area contributed by atoms with Crippen LogP contribution in [0, 0.1) is 5.92 Å². The number of aliphatic hydroxyl groups excluding tert-OH is 1. The van der Waals surface area contributed by atoms with Gasteiger partial charge in [-0.2, -0.15) is 0 Å². The fourth-order valence-corrected chi connectivity index (χ4v) is 5.62. The first-order chi connectivity index (χ1) is 12.6. The van der Waals surface area contributed by atoms with Crippen LogP contribution in [0.15, 0.2) is 0 Å². The Balaban J connectivity index is 1.47. The molecule has 0 spiro atoms. The Kier molecular flexibility index (Phi) is 4.96. The Morgan fingerprint density at radius 1 is 1.27 bits per heavy atom. The Bertz CT molecular complexity index is 680. The predicted octanol–water partition coefficient (Wildman–Crippen LogP) is 1.75. The summed E-state index contributed by atoms with van der Waals surface area (Å²) in [6.45, 7) is 2.49. The number of anilines is 1. The second kappa shape index (κ2) is 7.23. The summed E-state index contributed by atoms with van der Waals surface area (Å²) in [6, 6.07) is 0.263. The molecule has 4 heterocycles. The molecule has 8 heteroatoms. The highest BCUT2D eigenvalue weighted by atomic mass is 32.1. The van der Waals surface area contributed by atoms with Gasteiger partial charge in [0.05, 0.1) is 12.0 Å². The Hall–Kier alpha value is -1.54. The molecule has 2 amide bonds. The lowest BCUT2D eigenvalue weighted by Gasteiger charge is -2.48. The normalized spacial score (nSPS) is 31.5. The van der Waals surface area contributed by atoms with E-state index in [9.17, 15) is 14.7 Å². The molecule has 1 aromatic heterocycles. The maximum atomic E-state index is 13.2. The second-order valence-electron chi connectivity index (χ2n) is 7.74. The fourth-order valence-electron chi connectivity index (χ4n) is 4.65. The molecule has 3 aliphatic heterocycles. The molecule has 3 saturated heterocycles. The monoisotopic (exact) mass is 378 g/mol. The number of rotatable bonds is 4. The molecular formula is C18H26N4O3S. The van der Waals surface area contributed by atoms with Gasteiger partial charge in [0.2, 0.25) is 16.9 Å². The lowest BCUT2D eigenvalue weighted by atomic mass is 9.82. The van der Waals surface area contributed by atoms with Crippen molar-refractivity contribution in [3.63, 3.8) is 0 Å². The van der Waals surface area contributed by atoms with E-state index < -0.39 is 0 Å². The Morgan fingerprint density at radius 3 is 2.69 bits per heavy atom. The zero-order chi connectivity index (χ0) is 18.3. The van der Waals surface area contributed by atoms with Crippen molar-refractivity contribution in [1.29, 1.82) is 0 Å². The predicted molar refractivity (Wildman–Crippen MR) is 97.9 cm³/mol. The van der Waals surface area contributed by atoms with Crippen LogP contribution in [0.4, 0.5) is 5.13 Å². The molecule has 4 rings (SSSR count). The highest BCUT2D eigenvalue weighted by Crippen LogP contribution is 2.37. The number of hydrogen-bond acceptors (Lipinski definition) is 6. The minimum atomic E-state index is -0.306. The molecule has 142 valence electrons. The van der Waals surface area contributed by atoms with Crippen LogP contribution in [0.5, 0.6) is 0 Å². The van der Waals surface area contributed by atoms with Gasteiger partial charge in [0.1, 0.15) is 5.01 Å². The highest BCUT2D eigenvalue weighted by Gasteiger charge is 2.45. The number of aryl methyl sites for hydroxylation is 1. The first-order valence-electron chi connectivity index (χ1n) is 9.69. The lowest BCUT2D eigenvalue weighted by Crippen LogP contribution is -2.57. The summed E-state index contributed by atoms with van der Waals surface area (Å²) in [5.74, 6) is -0.259. The van der Waals surface area contributed by atoms with Crippen molar-refractivity contribution in [1.82, 2.24) is 15.1 Å². The van der Waals surface area contributed by atoms with E-state index in [4.69, 9.17) is 0 Å². The number of carbonyl (C=O) groups excluding carboxylic acids is 2. The summed E-state index contributed by atoms with van der Waals surface area (Å²) in [7, 11) is 0.